The predicted octanol–water partition coefficient (Wildman–Crippen LogP) is 5.42. The summed E-state index contributed by atoms with van der Waals surface area (Å²) in [7, 11) is 1.48. The van der Waals surface area contributed by atoms with Gasteiger partial charge < -0.3 is 9.16 Å². The Morgan fingerprint density at radius 3 is 1.54 bits per heavy atom. The Labute approximate surface area is 154 Å². The lowest BCUT2D eigenvalue weighted by Gasteiger charge is -2.10. The molecule has 0 radical (unpaired) electrons. The first-order valence-corrected chi connectivity index (χ1v) is 10.7. The third kappa shape index (κ3) is 7.61. The Balaban J connectivity index is 2.10. The lowest BCUT2D eigenvalue weighted by atomic mass is 10.1. The first-order valence-electron chi connectivity index (χ1n) is 9.13. The van der Waals surface area contributed by atoms with Crippen LogP contribution in [0.2, 0.25) is 6.04 Å². The number of benzene rings is 1. The number of ether oxygens (including phenoxy) is 1. The SMILES string of the molecule is CO[SiH2]CCCCCCCCCCCOc1c(F)c(F)c(F)c(F)c1F. The zero-order valence-corrected chi connectivity index (χ0v) is 16.6. The minimum absolute atomic E-state index is 0.0816. The molecule has 0 saturated carbocycles. The highest BCUT2D eigenvalue weighted by Crippen LogP contribution is 2.29. The molecule has 8 heteroatoms. The van der Waals surface area contributed by atoms with E-state index in [0.29, 0.717) is 6.42 Å². The van der Waals surface area contributed by atoms with Gasteiger partial charge in [0.1, 0.15) is 0 Å². The zero-order valence-electron chi connectivity index (χ0n) is 15.2. The van der Waals surface area contributed by atoms with E-state index in [1.165, 1.54) is 31.7 Å². The smallest absolute Gasteiger partial charge is 0.206 e. The molecule has 1 aromatic rings. The van der Waals surface area contributed by atoms with Crippen LogP contribution >= 0.6 is 0 Å². The fourth-order valence-corrected chi connectivity index (χ4v) is 3.49. The van der Waals surface area contributed by atoms with Crippen molar-refractivity contribution in [2.24, 2.45) is 0 Å². The summed E-state index contributed by atoms with van der Waals surface area (Å²) in [6, 6.07) is 1.24. The molecule has 0 aliphatic heterocycles. The second-order valence-corrected chi connectivity index (χ2v) is 7.97. The summed E-state index contributed by atoms with van der Waals surface area (Å²) in [4.78, 5) is 0. The molecule has 0 aromatic heterocycles. The van der Waals surface area contributed by atoms with E-state index >= 15 is 0 Å². The van der Waals surface area contributed by atoms with E-state index in [-0.39, 0.29) is 16.4 Å². The van der Waals surface area contributed by atoms with Crippen LogP contribution in [0, 0.1) is 29.1 Å². The maximum Gasteiger partial charge on any atom is 0.206 e. The Hall–Kier alpha value is -1.15. The van der Waals surface area contributed by atoms with E-state index < -0.39 is 34.8 Å². The van der Waals surface area contributed by atoms with Crippen molar-refractivity contribution in [3.63, 3.8) is 0 Å². The van der Waals surface area contributed by atoms with Gasteiger partial charge in [-0.3, -0.25) is 0 Å². The van der Waals surface area contributed by atoms with E-state index in [4.69, 9.17) is 9.16 Å². The Kier molecular flexibility index (Phi) is 11.5. The highest BCUT2D eigenvalue weighted by atomic mass is 28.2. The van der Waals surface area contributed by atoms with Crippen molar-refractivity contribution in [3.8, 4) is 5.75 Å². The third-order valence-electron chi connectivity index (χ3n) is 4.16. The van der Waals surface area contributed by atoms with Gasteiger partial charge in [-0.2, -0.15) is 8.78 Å². The van der Waals surface area contributed by atoms with Gasteiger partial charge in [0.05, 0.1) is 6.61 Å². The van der Waals surface area contributed by atoms with Crippen LogP contribution in [0.4, 0.5) is 22.0 Å². The molecule has 0 bridgehead atoms. The molecule has 1 rings (SSSR count). The Bertz CT molecular complexity index is 514. The minimum atomic E-state index is -2.17. The van der Waals surface area contributed by atoms with Gasteiger partial charge in [0.25, 0.3) is 0 Å². The average molecular weight is 398 g/mol. The van der Waals surface area contributed by atoms with Crippen LogP contribution in [0.1, 0.15) is 57.8 Å². The summed E-state index contributed by atoms with van der Waals surface area (Å²) in [5, 5.41) is 0. The van der Waals surface area contributed by atoms with E-state index in [2.05, 4.69) is 0 Å². The van der Waals surface area contributed by atoms with Gasteiger partial charge in [-0.1, -0.05) is 51.4 Å². The van der Waals surface area contributed by atoms with E-state index in [0.717, 1.165) is 25.7 Å². The molecule has 0 atom stereocenters. The molecule has 0 heterocycles. The lowest BCUT2D eigenvalue weighted by molar-refractivity contribution is 0.255. The first kappa shape index (κ1) is 22.9. The number of hydrogen-bond donors (Lipinski definition) is 0. The standard InChI is InChI=1S/C18H27F5O2Si/c1-24-26-12-10-8-6-4-2-3-5-7-9-11-25-18-16(22)14(20)13(19)15(21)17(18)23/h2-12,26H2,1H3. The van der Waals surface area contributed by atoms with Gasteiger partial charge in [0.15, 0.2) is 15.5 Å². The maximum absolute atomic E-state index is 13.4. The summed E-state index contributed by atoms with van der Waals surface area (Å²) in [5.74, 6) is -11.2. The zero-order chi connectivity index (χ0) is 19.4. The minimum Gasteiger partial charge on any atom is -0.487 e. The van der Waals surface area contributed by atoms with Gasteiger partial charge in [-0.05, 0) is 12.5 Å². The van der Waals surface area contributed by atoms with Gasteiger partial charge in [0, 0.05) is 7.11 Å². The number of unbranched alkanes of at least 4 members (excludes halogenated alkanes) is 8. The molecule has 0 unspecified atom stereocenters. The summed E-state index contributed by atoms with van der Waals surface area (Å²) >= 11 is 0. The molecule has 0 spiro atoms. The monoisotopic (exact) mass is 398 g/mol. The van der Waals surface area contributed by atoms with Crippen molar-refractivity contribution in [1.82, 2.24) is 0 Å². The molecule has 26 heavy (non-hydrogen) atoms. The highest BCUT2D eigenvalue weighted by molar-refractivity contribution is 6.26. The summed E-state index contributed by atoms with van der Waals surface area (Å²) in [5.41, 5.74) is 0. The van der Waals surface area contributed by atoms with Crippen LogP contribution in [-0.4, -0.2) is 23.5 Å². The fourth-order valence-electron chi connectivity index (χ4n) is 2.65. The third-order valence-corrected chi connectivity index (χ3v) is 5.36. The van der Waals surface area contributed by atoms with Crippen LogP contribution in [0.5, 0.6) is 5.75 Å². The van der Waals surface area contributed by atoms with Crippen molar-refractivity contribution in [3.05, 3.63) is 29.1 Å². The summed E-state index contributed by atoms with van der Waals surface area (Å²) in [6.45, 7) is -0.0816. The van der Waals surface area contributed by atoms with Crippen LogP contribution in [-0.2, 0) is 4.43 Å². The predicted molar refractivity (Wildman–Crippen MR) is 93.6 cm³/mol. The quantitative estimate of drug-likeness (QED) is 0.137. The van der Waals surface area contributed by atoms with Crippen LogP contribution in [0.25, 0.3) is 0 Å². The van der Waals surface area contributed by atoms with Crippen molar-refractivity contribution >= 4 is 9.76 Å². The van der Waals surface area contributed by atoms with E-state index in [1.54, 1.807) is 7.11 Å². The number of halogens is 5. The normalized spacial score (nSPS) is 11.6. The maximum atomic E-state index is 13.4. The molecule has 150 valence electrons. The molecular weight excluding hydrogens is 371 g/mol. The fraction of sp³-hybridized carbons (Fsp3) is 0.667. The average Bonchev–Trinajstić information content (AvgIpc) is 2.64. The van der Waals surface area contributed by atoms with Gasteiger partial charge in [-0.25, -0.2) is 13.2 Å². The largest absolute Gasteiger partial charge is 0.487 e. The molecule has 0 amide bonds. The first-order chi connectivity index (χ1) is 12.5. The summed E-state index contributed by atoms with van der Waals surface area (Å²) < 4.78 is 75.6. The molecule has 0 aliphatic rings. The van der Waals surface area contributed by atoms with Crippen LogP contribution in [0.15, 0.2) is 0 Å². The summed E-state index contributed by atoms with van der Waals surface area (Å²) in [6.07, 6.45) is 9.35. The highest BCUT2D eigenvalue weighted by Gasteiger charge is 2.26. The molecular formula is C18H27F5O2Si. The van der Waals surface area contributed by atoms with Crippen molar-refractivity contribution in [1.29, 1.82) is 0 Å². The molecule has 0 aliphatic carbocycles. The lowest BCUT2D eigenvalue weighted by Crippen LogP contribution is -2.08. The van der Waals surface area contributed by atoms with Crippen molar-refractivity contribution in [2.75, 3.05) is 13.7 Å². The van der Waals surface area contributed by atoms with Crippen molar-refractivity contribution < 1.29 is 31.1 Å². The topological polar surface area (TPSA) is 18.5 Å². The second kappa shape index (κ2) is 13.1. The molecule has 2 nitrogen and oxygen atoms in total. The van der Waals surface area contributed by atoms with Crippen LogP contribution < -0.4 is 4.74 Å². The van der Waals surface area contributed by atoms with Gasteiger partial charge >= 0.3 is 0 Å². The second-order valence-electron chi connectivity index (χ2n) is 6.28. The van der Waals surface area contributed by atoms with Crippen LogP contribution in [0.3, 0.4) is 0 Å². The number of hydrogen-bond acceptors (Lipinski definition) is 2. The van der Waals surface area contributed by atoms with Gasteiger partial charge in [0.2, 0.25) is 29.1 Å². The molecule has 0 saturated heterocycles. The van der Waals surface area contributed by atoms with E-state index in [9.17, 15) is 22.0 Å². The molecule has 1 aromatic carbocycles. The number of rotatable bonds is 14. The van der Waals surface area contributed by atoms with Crippen molar-refractivity contribution in [2.45, 2.75) is 63.8 Å². The Morgan fingerprint density at radius 2 is 1.04 bits per heavy atom. The Morgan fingerprint density at radius 1 is 0.615 bits per heavy atom. The molecule has 0 fully saturated rings. The van der Waals surface area contributed by atoms with E-state index in [1.807, 2.05) is 0 Å². The molecule has 0 N–H and O–H groups in total. The van der Waals surface area contributed by atoms with Gasteiger partial charge in [-0.15, -0.1) is 0 Å².